The van der Waals surface area contributed by atoms with Crippen LogP contribution in [0.3, 0.4) is 0 Å². The topological polar surface area (TPSA) is 83.7 Å². The van der Waals surface area contributed by atoms with E-state index in [1.54, 1.807) is 0 Å². The normalized spacial score (nSPS) is 22.6. The Morgan fingerprint density at radius 3 is 2.65 bits per heavy atom. The maximum absolute atomic E-state index is 11.3. The molecule has 1 aliphatic heterocycles. The van der Waals surface area contributed by atoms with Gasteiger partial charge in [-0.1, -0.05) is 19.9 Å². The van der Waals surface area contributed by atoms with Crippen LogP contribution in [-0.4, -0.2) is 29.1 Å². The molecule has 1 aromatic rings. The Balaban J connectivity index is 2.48. The van der Waals surface area contributed by atoms with Gasteiger partial charge in [-0.15, -0.1) is 0 Å². The number of benzene rings is 1. The van der Waals surface area contributed by atoms with Crippen molar-refractivity contribution in [3.05, 3.63) is 33.9 Å². The molecule has 108 valence electrons. The van der Waals surface area contributed by atoms with Crippen molar-refractivity contribution < 1.29 is 14.8 Å². The van der Waals surface area contributed by atoms with Gasteiger partial charge in [-0.3, -0.25) is 10.1 Å². The first-order valence-corrected chi connectivity index (χ1v) is 6.67. The highest BCUT2D eigenvalue weighted by Gasteiger charge is 2.30. The van der Waals surface area contributed by atoms with Crippen LogP contribution >= 0.6 is 0 Å². The highest BCUT2D eigenvalue weighted by molar-refractivity contribution is 5.97. The Hall–Kier alpha value is -2.11. The van der Waals surface area contributed by atoms with Crippen molar-refractivity contribution in [3.63, 3.8) is 0 Å². The van der Waals surface area contributed by atoms with Gasteiger partial charge in [0.05, 0.1) is 10.5 Å². The van der Waals surface area contributed by atoms with Crippen molar-refractivity contribution >= 4 is 17.3 Å². The molecule has 20 heavy (non-hydrogen) atoms. The lowest BCUT2D eigenvalue weighted by Gasteiger charge is -2.36. The number of hydrogen-bond donors (Lipinski definition) is 1. The number of nitro groups is 1. The molecule has 0 aliphatic carbocycles. The summed E-state index contributed by atoms with van der Waals surface area (Å²) in [6.07, 6.45) is 0.909. The van der Waals surface area contributed by atoms with E-state index in [1.165, 1.54) is 18.2 Å². The molecule has 1 fully saturated rings. The first-order valence-electron chi connectivity index (χ1n) is 6.67. The van der Waals surface area contributed by atoms with Gasteiger partial charge >= 0.3 is 5.97 Å². The van der Waals surface area contributed by atoms with Gasteiger partial charge in [0.25, 0.3) is 5.69 Å². The fraction of sp³-hybridized carbons (Fsp3) is 0.500. The zero-order valence-corrected chi connectivity index (χ0v) is 11.6. The summed E-state index contributed by atoms with van der Waals surface area (Å²) in [6, 6.07) is 4.21. The van der Waals surface area contributed by atoms with Crippen molar-refractivity contribution in [2.45, 2.75) is 20.3 Å². The molecule has 2 atom stereocenters. The number of carboxylic acid groups (broad SMARTS) is 1. The summed E-state index contributed by atoms with van der Waals surface area (Å²) in [4.78, 5) is 23.8. The monoisotopic (exact) mass is 278 g/mol. The lowest BCUT2D eigenvalue weighted by atomic mass is 9.88. The predicted octanol–water partition coefficient (Wildman–Crippen LogP) is 2.78. The molecule has 0 bridgehead atoms. The third kappa shape index (κ3) is 2.59. The number of nitrogens with zero attached hydrogens (tertiary/aromatic N) is 2. The van der Waals surface area contributed by atoms with Gasteiger partial charge in [0.1, 0.15) is 5.69 Å². The van der Waals surface area contributed by atoms with Gasteiger partial charge in [-0.25, -0.2) is 4.79 Å². The minimum Gasteiger partial charge on any atom is -0.478 e. The maximum atomic E-state index is 11.3. The third-order valence-corrected chi connectivity index (χ3v) is 4.09. The van der Waals surface area contributed by atoms with Gasteiger partial charge in [-0.2, -0.15) is 0 Å². The van der Waals surface area contributed by atoms with E-state index in [9.17, 15) is 20.0 Å². The number of nitro benzene ring substituents is 1. The molecule has 0 saturated carbocycles. The van der Waals surface area contributed by atoms with Crippen LogP contribution in [0.15, 0.2) is 18.2 Å². The number of aromatic carboxylic acids is 1. The van der Waals surface area contributed by atoms with E-state index in [-0.39, 0.29) is 16.9 Å². The Labute approximate surface area is 117 Å². The molecule has 1 aromatic carbocycles. The molecule has 1 heterocycles. The van der Waals surface area contributed by atoms with Crippen LogP contribution in [0, 0.1) is 22.0 Å². The zero-order chi connectivity index (χ0) is 14.9. The average molecular weight is 278 g/mol. The lowest BCUT2D eigenvalue weighted by Crippen LogP contribution is -2.39. The SMILES string of the molecule is CC1CCN(c2c(C(=O)O)cccc2[N+](=O)[O-])CC1C. The zero-order valence-electron chi connectivity index (χ0n) is 11.6. The van der Waals surface area contributed by atoms with Gasteiger partial charge in [0, 0.05) is 19.2 Å². The highest BCUT2D eigenvalue weighted by atomic mass is 16.6. The molecule has 0 spiro atoms. The molecule has 6 nitrogen and oxygen atoms in total. The molecule has 6 heteroatoms. The molecule has 2 unspecified atom stereocenters. The molecule has 1 N–H and O–H groups in total. The largest absolute Gasteiger partial charge is 0.478 e. The van der Waals surface area contributed by atoms with Crippen LogP contribution in [-0.2, 0) is 0 Å². The molecule has 1 aliphatic rings. The number of piperidine rings is 1. The molecule has 2 rings (SSSR count). The minimum atomic E-state index is -1.13. The molecule has 1 saturated heterocycles. The van der Waals surface area contributed by atoms with Crippen LogP contribution in [0.25, 0.3) is 0 Å². The molecular formula is C14H18N2O4. The summed E-state index contributed by atoms with van der Waals surface area (Å²) in [5, 5.41) is 20.4. The van der Waals surface area contributed by atoms with Gasteiger partial charge in [-0.05, 0) is 24.3 Å². The number of para-hydroxylation sites is 1. The second-order valence-corrected chi connectivity index (χ2v) is 5.42. The lowest BCUT2D eigenvalue weighted by molar-refractivity contribution is -0.384. The number of carboxylic acids is 1. The Bertz CT molecular complexity index is 512. The molecule has 0 aromatic heterocycles. The van der Waals surface area contributed by atoms with E-state index in [0.29, 0.717) is 24.9 Å². The average Bonchev–Trinajstić information content (AvgIpc) is 2.41. The van der Waals surface area contributed by atoms with Crippen LogP contribution < -0.4 is 4.90 Å². The fourth-order valence-electron chi connectivity index (χ4n) is 2.65. The van der Waals surface area contributed by atoms with Crippen molar-refractivity contribution in [1.82, 2.24) is 0 Å². The highest BCUT2D eigenvalue weighted by Crippen LogP contribution is 2.36. The maximum Gasteiger partial charge on any atom is 0.338 e. The number of hydrogen-bond acceptors (Lipinski definition) is 4. The number of anilines is 1. The van der Waals surface area contributed by atoms with Crippen molar-refractivity contribution in [2.75, 3.05) is 18.0 Å². The fourth-order valence-corrected chi connectivity index (χ4v) is 2.65. The standard InChI is InChI=1S/C14H18N2O4/c1-9-6-7-15(8-10(9)2)13-11(14(17)18)4-3-5-12(13)16(19)20/h3-5,9-10H,6-8H2,1-2H3,(H,17,18). The minimum absolute atomic E-state index is 0.000882. The van der Waals surface area contributed by atoms with E-state index >= 15 is 0 Å². The summed E-state index contributed by atoms with van der Waals surface area (Å²) < 4.78 is 0. The van der Waals surface area contributed by atoms with Crippen LogP contribution in [0.1, 0.15) is 30.6 Å². The Morgan fingerprint density at radius 2 is 2.10 bits per heavy atom. The molecule has 0 radical (unpaired) electrons. The van der Waals surface area contributed by atoms with Crippen LogP contribution in [0.5, 0.6) is 0 Å². The second-order valence-electron chi connectivity index (χ2n) is 5.42. The van der Waals surface area contributed by atoms with Crippen molar-refractivity contribution in [1.29, 1.82) is 0 Å². The quantitative estimate of drug-likeness (QED) is 0.679. The Morgan fingerprint density at radius 1 is 1.40 bits per heavy atom. The summed E-state index contributed by atoms with van der Waals surface area (Å²) in [5.74, 6) is -0.206. The van der Waals surface area contributed by atoms with Crippen molar-refractivity contribution in [3.8, 4) is 0 Å². The van der Waals surface area contributed by atoms with Crippen molar-refractivity contribution in [2.24, 2.45) is 11.8 Å². The van der Waals surface area contributed by atoms with Gasteiger partial charge in [0.2, 0.25) is 0 Å². The summed E-state index contributed by atoms with van der Waals surface area (Å²) in [6.45, 7) is 5.54. The van der Waals surface area contributed by atoms with Gasteiger partial charge in [0.15, 0.2) is 0 Å². The summed E-state index contributed by atoms with van der Waals surface area (Å²) >= 11 is 0. The second kappa shape index (κ2) is 5.48. The molecular weight excluding hydrogens is 260 g/mol. The van der Waals surface area contributed by atoms with E-state index in [1.807, 2.05) is 4.90 Å². The predicted molar refractivity (Wildman–Crippen MR) is 75.2 cm³/mol. The van der Waals surface area contributed by atoms with E-state index in [0.717, 1.165) is 6.42 Å². The number of carbonyl (C=O) groups is 1. The first-order chi connectivity index (χ1) is 9.41. The number of rotatable bonds is 3. The van der Waals surface area contributed by atoms with E-state index in [4.69, 9.17) is 0 Å². The third-order valence-electron chi connectivity index (χ3n) is 4.09. The smallest absolute Gasteiger partial charge is 0.338 e. The van der Waals surface area contributed by atoms with Crippen LogP contribution in [0.2, 0.25) is 0 Å². The van der Waals surface area contributed by atoms with Gasteiger partial charge < -0.3 is 10.0 Å². The Kier molecular flexibility index (Phi) is 3.92. The first kappa shape index (κ1) is 14.3. The van der Waals surface area contributed by atoms with Crippen LogP contribution in [0.4, 0.5) is 11.4 Å². The van der Waals surface area contributed by atoms with E-state index in [2.05, 4.69) is 13.8 Å². The summed E-state index contributed by atoms with van der Waals surface area (Å²) in [5.41, 5.74) is 0.108. The van der Waals surface area contributed by atoms with E-state index < -0.39 is 10.9 Å². The summed E-state index contributed by atoms with van der Waals surface area (Å²) in [7, 11) is 0. The molecule has 0 amide bonds.